The number of hydrogen-bond acceptors (Lipinski definition) is 6. The zero-order valence-corrected chi connectivity index (χ0v) is 16.0. The number of likely N-dealkylation sites (tertiary alicyclic amines) is 1. The van der Waals surface area contributed by atoms with E-state index in [-0.39, 0.29) is 17.7 Å². The summed E-state index contributed by atoms with van der Waals surface area (Å²) in [5, 5.41) is 3.04. The maximum absolute atomic E-state index is 12.9. The van der Waals surface area contributed by atoms with Gasteiger partial charge in [-0.25, -0.2) is 9.97 Å². The van der Waals surface area contributed by atoms with Crippen molar-refractivity contribution in [2.45, 2.75) is 32.1 Å². The minimum absolute atomic E-state index is 0.0159. The number of ether oxygens (including phenoxy) is 2. The van der Waals surface area contributed by atoms with Crippen molar-refractivity contribution in [2.24, 2.45) is 0 Å². The minimum atomic E-state index is -4.49. The molecule has 0 bridgehead atoms. The molecule has 0 spiro atoms. The van der Waals surface area contributed by atoms with Crippen LogP contribution in [0.1, 0.15) is 23.4 Å². The van der Waals surface area contributed by atoms with Gasteiger partial charge in [0.05, 0.1) is 14.2 Å². The molecular weight excluding hydrogens is 373 g/mol. The molecule has 1 aromatic heterocycles. The van der Waals surface area contributed by atoms with Crippen molar-refractivity contribution >= 4 is 5.95 Å². The van der Waals surface area contributed by atoms with E-state index in [0.29, 0.717) is 13.1 Å². The van der Waals surface area contributed by atoms with Gasteiger partial charge in [-0.1, -0.05) is 0 Å². The van der Waals surface area contributed by atoms with Crippen LogP contribution in [-0.4, -0.2) is 48.2 Å². The van der Waals surface area contributed by atoms with Gasteiger partial charge in [-0.15, -0.1) is 0 Å². The van der Waals surface area contributed by atoms with Crippen LogP contribution in [0.5, 0.6) is 11.5 Å². The normalized spacial score (nSPS) is 17.6. The molecule has 28 heavy (non-hydrogen) atoms. The number of methoxy groups -OCH3 is 2. The fourth-order valence-electron chi connectivity index (χ4n) is 3.27. The molecule has 2 aromatic rings. The lowest BCUT2D eigenvalue weighted by Crippen LogP contribution is -2.27. The third kappa shape index (κ3) is 5.03. The monoisotopic (exact) mass is 396 g/mol. The number of aromatic nitrogens is 2. The quantitative estimate of drug-likeness (QED) is 0.807. The summed E-state index contributed by atoms with van der Waals surface area (Å²) >= 11 is 0. The first-order valence-electron chi connectivity index (χ1n) is 8.90. The van der Waals surface area contributed by atoms with Crippen LogP contribution >= 0.6 is 0 Å². The Kier molecular flexibility index (Phi) is 5.93. The Balaban J connectivity index is 1.64. The molecule has 1 aromatic carbocycles. The number of halogens is 3. The van der Waals surface area contributed by atoms with Crippen LogP contribution < -0.4 is 14.8 Å². The van der Waals surface area contributed by atoms with Crippen LogP contribution in [0.3, 0.4) is 0 Å². The predicted molar refractivity (Wildman–Crippen MR) is 98.6 cm³/mol. The molecule has 2 heterocycles. The van der Waals surface area contributed by atoms with Crippen molar-refractivity contribution < 1.29 is 22.6 Å². The molecule has 3 rings (SSSR count). The van der Waals surface area contributed by atoms with E-state index >= 15 is 0 Å². The first kappa shape index (κ1) is 20.2. The standard InChI is InChI=1S/C19H23F3N4O2/c1-12-6-17(19(20,21)22)25-18(23-12)24-14-4-5-26(11-14)10-13-7-15(27-2)9-16(8-13)28-3/h6-9,14H,4-5,10-11H2,1-3H3,(H,23,24,25). The summed E-state index contributed by atoms with van der Waals surface area (Å²) in [6.07, 6.45) is -3.70. The summed E-state index contributed by atoms with van der Waals surface area (Å²) in [6, 6.07) is 6.63. The average molecular weight is 396 g/mol. The fraction of sp³-hybridized carbons (Fsp3) is 0.474. The smallest absolute Gasteiger partial charge is 0.433 e. The second-order valence-corrected chi connectivity index (χ2v) is 6.80. The first-order chi connectivity index (χ1) is 13.3. The van der Waals surface area contributed by atoms with Gasteiger partial charge in [0.25, 0.3) is 0 Å². The summed E-state index contributed by atoms with van der Waals surface area (Å²) in [6.45, 7) is 3.71. The molecule has 6 nitrogen and oxygen atoms in total. The van der Waals surface area contributed by atoms with Crippen LogP contribution in [0.25, 0.3) is 0 Å². The summed E-state index contributed by atoms with van der Waals surface area (Å²) in [7, 11) is 3.21. The van der Waals surface area contributed by atoms with E-state index in [2.05, 4.69) is 20.2 Å². The number of alkyl halides is 3. The van der Waals surface area contributed by atoms with E-state index in [4.69, 9.17) is 9.47 Å². The van der Waals surface area contributed by atoms with Gasteiger partial charge in [0.15, 0.2) is 0 Å². The van der Waals surface area contributed by atoms with E-state index in [1.807, 2.05) is 18.2 Å². The van der Waals surface area contributed by atoms with Crippen LogP contribution in [0.4, 0.5) is 19.1 Å². The SMILES string of the molecule is COc1cc(CN2CCC(Nc3nc(C)cc(C(F)(F)F)n3)C2)cc(OC)c1. The van der Waals surface area contributed by atoms with Crippen molar-refractivity contribution in [2.75, 3.05) is 32.6 Å². The Hall–Kier alpha value is -2.55. The molecule has 1 aliphatic heterocycles. The molecule has 1 unspecified atom stereocenters. The van der Waals surface area contributed by atoms with Crippen LogP contribution in [0.2, 0.25) is 0 Å². The summed E-state index contributed by atoms with van der Waals surface area (Å²) in [4.78, 5) is 9.93. The van der Waals surface area contributed by atoms with Crippen LogP contribution in [-0.2, 0) is 12.7 Å². The molecule has 1 N–H and O–H groups in total. The number of nitrogens with zero attached hydrogens (tertiary/aromatic N) is 3. The Morgan fingerprint density at radius 1 is 1.11 bits per heavy atom. The van der Waals surface area contributed by atoms with Crippen molar-refractivity contribution in [1.82, 2.24) is 14.9 Å². The molecule has 1 fully saturated rings. The van der Waals surface area contributed by atoms with E-state index in [0.717, 1.165) is 36.1 Å². The maximum atomic E-state index is 12.9. The van der Waals surface area contributed by atoms with Gasteiger partial charge in [0.1, 0.15) is 17.2 Å². The lowest BCUT2D eigenvalue weighted by atomic mass is 10.2. The molecule has 0 radical (unpaired) electrons. The Morgan fingerprint density at radius 2 is 1.79 bits per heavy atom. The molecule has 1 atom stereocenters. The van der Waals surface area contributed by atoms with E-state index < -0.39 is 11.9 Å². The van der Waals surface area contributed by atoms with Crippen molar-refractivity contribution in [3.05, 3.63) is 41.2 Å². The highest BCUT2D eigenvalue weighted by Crippen LogP contribution is 2.29. The van der Waals surface area contributed by atoms with Crippen LogP contribution in [0.15, 0.2) is 24.3 Å². The summed E-state index contributed by atoms with van der Waals surface area (Å²) in [5.74, 6) is 1.45. The number of hydrogen-bond donors (Lipinski definition) is 1. The van der Waals surface area contributed by atoms with Gasteiger partial charge >= 0.3 is 6.18 Å². The molecule has 1 saturated heterocycles. The number of anilines is 1. The molecule has 0 aliphatic carbocycles. The summed E-state index contributed by atoms with van der Waals surface area (Å²) in [5.41, 5.74) is 0.395. The van der Waals surface area contributed by atoms with E-state index in [1.165, 1.54) is 6.92 Å². The lowest BCUT2D eigenvalue weighted by molar-refractivity contribution is -0.141. The Bertz CT molecular complexity index is 807. The predicted octanol–water partition coefficient (Wildman–Crippen LogP) is 3.51. The number of benzene rings is 1. The largest absolute Gasteiger partial charge is 0.497 e. The molecule has 9 heteroatoms. The van der Waals surface area contributed by atoms with Gasteiger partial charge in [-0.3, -0.25) is 4.90 Å². The Labute approximate surface area is 161 Å². The van der Waals surface area contributed by atoms with Gasteiger partial charge < -0.3 is 14.8 Å². The van der Waals surface area contributed by atoms with E-state index in [1.54, 1.807) is 14.2 Å². The molecule has 0 amide bonds. The topological polar surface area (TPSA) is 59.5 Å². The molecule has 0 saturated carbocycles. The van der Waals surface area contributed by atoms with Crippen molar-refractivity contribution in [3.8, 4) is 11.5 Å². The highest BCUT2D eigenvalue weighted by molar-refractivity contribution is 5.38. The highest BCUT2D eigenvalue weighted by Gasteiger charge is 2.33. The number of aryl methyl sites for hydroxylation is 1. The third-order valence-electron chi connectivity index (χ3n) is 4.57. The van der Waals surface area contributed by atoms with Gasteiger partial charge in [0.2, 0.25) is 5.95 Å². The van der Waals surface area contributed by atoms with Gasteiger partial charge in [-0.2, -0.15) is 13.2 Å². The summed E-state index contributed by atoms with van der Waals surface area (Å²) < 4.78 is 49.4. The van der Waals surface area contributed by atoms with Crippen molar-refractivity contribution in [1.29, 1.82) is 0 Å². The van der Waals surface area contributed by atoms with Gasteiger partial charge in [-0.05, 0) is 37.1 Å². The number of rotatable bonds is 6. The van der Waals surface area contributed by atoms with E-state index in [9.17, 15) is 13.2 Å². The van der Waals surface area contributed by atoms with Crippen molar-refractivity contribution in [3.63, 3.8) is 0 Å². The third-order valence-corrected chi connectivity index (χ3v) is 4.57. The zero-order valence-electron chi connectivity index (χ0n) is 16.0. The Morgan fingerprint density at radius 3 is 2.39 bits per heavy atom. The zero-order chi connectivity index (χ0) is 20.3. The highest BCUT2D eigenvalue weighted by atomic mass is 19.4. The first-order valence-corrected chi connectivity index (χ1v) is 8.90. The molecular formula is C19H23F3N4O2. The average Bonchev–Trinajstić information content (AvgIpc) is 3.06. The minimum Gasteiger partial charge on any atom is -0.497 e. The van der Waals surface area contributed by atoms with Gasteiger partial charge in [0, 0.05) is 37.4 Å². The lowest BCUT2D eigenvalue weighted by Gasteiger charge is -2.18. The molecule has 152 valence electrons. The fourth-order valence-corrected chi connectivity index (χ4v) is 3.27. The van der Waals surface area contributed by atoms with Crippen LogP contribution in [0, 0.1) is 6.92 Å². The molecule has 1 aliphatic rings. The second kappa shape index (κ2) is 8.22. The maximum Gasteiger partial charge on any atom is 0.433 e. The number of nitrogens with one attached hydrogen (secondary N) is 1. The second-order valence-electron chi connectivity index (χ2n) is 6.80.